The Morgan fingerprint density at radius 3 is 2.56 bits per heavy atom. The summed E-state index contributed by atoms with van der Waals surface area (Å²) in [6, 6.07) is 13.2. The van der Waals surface area contributed by atoms with Crippen LogP contribution in [0.3, 0.4) is 0 Å². The van der Waals surface area contributed by atoms with Crippen molar-refractivity contribution < 1.29 is 13.9 Å². The van der Waals surface area contributed by atoms with E-state index in [4.69, 9.17) is 21.4 Å². The molecule has 6 nitrogen and oxygen atoms in total. The summed E-state index contributed by atoms with van der Waals surface area (Å²) in [6.07, 6.45) is 0. The van der Waals surface area contributed by atoms with Crippen molar-refractivity contribution in [1.29, 1.82) is 0 Å². The first-order valence-corrected chi connectivity index (χ1v) is 12.3. The quantitative estimate of drug-likeness (QED) is 0.243. The van der Waals surface area contributed by atoms with E-state index in [1.807, 2.05) is 44.2 Å². The summed E-state index contributed by atoms with van der Waals surface area (Å²) in [4.78, 5) is 17.5. The number of hydrogen-bond acceptors (Lipinski definition) is 5. The largest absolute Gasteiger partial charge is 0.495 e. The van der Waals surface area contributed by atoms with Crippen LogP contribution in [0.4, 0.5) is 5.69 Å². The molecule has 0 unspecified atom stereocenters. The molecule has 0 spiro atoms. The highest BCUT2D eigenvalue weighted by Gasteiger charge is 2.19. The second-order valence-corrected chi connectivity index (χ2v) is 9.96. The second-order valence-electron chi connectivity index (χ2n) is 7.78. The zero-order valence-corrected chi connectivity index (χ0v) is 22.9. The van der Waals surface area contributed by atoms with Gasteiger partial charge < -0.3 is 14.5 Å². The minimum absolute atomic E-state index is 0.159. The Labute approximate surface area is 219 Å². The summed E-state index contributed by atoms with van der Waals surface area (Å²) in [6.45, 7) is 6.04. The average Bonchev–Trinajstić information content (AvgIpc) is 3.17. The number of nitrogens with one attached hydrogen (secondary N) is 2. The molecular formula is C25H21Br2N3O3S. The van der Waals surface area contributed by atoms with Gasteiger partial charge in [-0.05, 0) is 102 Å². The van der Waals surface area contributed by atoms with E-state index in [2.05, 4.69) is 54.4 Å². The van der Waals surface area contributed by atoms with Crippen LogP contribution in [0.25, 0.3) is 22.6 Å². The number of aromatic nitrogens is 1. The third kappa shape index (κ3) is 4.87. The maximum absolute atomic E-state index is 12.9. The zero-order chi connectivity index (χ0) is 24.6. The van der Waals surface area contributed by atoms with Crippen molar-refractivity contribution in [2.24, 2.45) is 0 Å². The molecule has 0 atom stereocenters. The number of nitrogens with zero attached hydrogens (tertiary/aromatic N) is 1. The summed E-state index contributed by atoms with van der Waals surface area (Å²) in [5.41, 5.74) is 6.67. The molecule has 0 aliphatic carbocycles. The van der Waals surface area contributed by atoms with Gasteiger partial charge in [0, 0.05) is 15.7 Å². The molecule has 9 heteroatoms. The van der Waals surface area contributed by atoms with Gasteiger partial charge in [0.05, 0.1) is 17.1 Å². The third-order valence-electron chi connectivity index (χ3n) is 5.50. The van der Waals surface area contributed by atoms with E-state index in [1.165, 1.54) is 7.11 Å². The number of methoxy groups -OCH3 is 1. The lowest BCUT2D eigenvalue weighted by atomic mass is 10.1. The number of rotatable bonds is 4. The Bertz CT molecular complexity index is 1410. The van der Waals surface area contributed by atoms with Crippen LogP contribution in [-0.2, 0) is 0 Å². The molecular weight excluding hydrogens is 582 g/mol. The molecule has 0 radical (unpaired) electrons. The normalized spacial score (nSPS) is 10.9. The Hall–Kier alpha value is -2.75. The van der Waals surface area contributed by atoms with Gasteiger partial charge in [-0.1, -0.05) is 22.0 Å². The minimum atomic E-state index is -0.394. The van der Waals surface area contributed by atoms with Crippen molar-refractivity contribution in [2.75, 3.05) is 12.4 Å². The van der Waals surface area contributed by atoms with Crippen LogP contribution in [0.15, 0.2) is 55.8 Å². The van der Waals surface area contributed by atoms with Gasteiger partial charge in [0.15, 0.2) is 10.7 Å². The number of benzene rings is 3. The Morgan fingerprint density at radius 1 is 1.09 bits per heavy atom. The first-order chi connectivity index (χ1) is 16.2. The fourth-order valence-corrected chi connectivity index (χ4v) is 5.15. The standard InChI is InChI=1S/C25H21Br2N3O3S/c1-12-8-20-21(9-13(12)2)33-24(28-20)16-6-5-7-19(14(16)3)29-25(34)30-23(31)17-10-15(26)11-18(27)22(17)32-4/h5-11H,1-4H3,(H2,29,30,31,34). The number of aryl methyl sites for hydroxylation is 2. The molecule has 1 aromatic heterocycles. The molecule has 2 N–H and O–H groups in total. The molecule has 4 rings (SSSR count). The van der Waals surface area contributed by atoms with E-state index in [-0.39, 0.29) is 5.11 Å². The molecule has 0 aliphatic rings. The van der Waals surface area contributed by atoms with Gasteiger partial charge in [-0.15, -0.1) is 0 Å². The van der Waals surface area contributed by atoms with Crippen LogP contribution in [-0.4, -0.2) is 23.1 Å². The van der Waals surface area contributed by atoms with Crippen LogP contribution in [0.2, 0.25) is 0 Å². The topological polar surface area (TPSA) is 76.4 Å². The number of carbonyl (C=O) groups is 1. The van der Waals surface area contributed by atoms with Gasteiger partial charge in [0.25, 0.3) is 5.91 Å². The second kappa shape index (κ2) is 9.85. The molecule has 174 valence electrons. The SMILES string of the molecule is COc1c(Br)cc(Br)cc1C(=O)NC(=S)Nc1cccc(-c2nc3cc(C)c(C)cc3o2)c1C. The number of carbonyl (C=O) groups excluding carboxylic acids is 1. The van der Waals surface area contributed by atoms with Gasteiger partial charge in [0.1, 0.15) is 11.3 Å². The summed E-state index contributed by atoms with van der Waals surface area (Å²) < 4.78 is 12.8. The third-order valence-corrected chi connectivity index (χ3v) is 6.75. The Morgan fingerprint density at radius 2 is 1.82 bits per heavy atom. The lowest BCUT2D eigenvalue weighted by Crippen LogP contribution is -2.34. The van der Waals surface area contributed by atoms with E-state index >= 15 is 0 Å². The number of thiocarbonyl (C=S) groups is 1. The van der Waals surface area contributed by atoms with E-state index < -0.39 is 5.91 Å². The highest BCUT2D eigenvalue weighted by atomic mass is 79.9. The number of anilines is 1. The van der Waals surface area contributed by atoms with E-state index in [9.17, 15) is 4.79 Å². The van der Waals surface area contributed by atoms with Crippen molar-refractivity contribution in [2.45, 2.75) is 20.8 Å². The van der Waals surface area contributed by atoms with E-state index in [1.54, 1.807) is 12.1 Å². The highest BCUT2D eigenvalue weighted by Crippen LogP contribution is 2.33. The maximum atomic E-state index is 12.9. The van der Waals surface area contributed by atoms with Gasteiger partial charge in [0.2, 0.25) is 5.89 Å². The molecule has 1 amide bonds. The summed E-state index contributed by atoms with van der Waals surface area (Å²) in [5.74, 6) is 0.554. The number of hydrogen-bond donors (Lipinski definition) is 2. The Balaban J connectivity index is 1.57. The van der Waals surface area contributed by atoms with Crippen LogP contribution in [0.1, 0.15) is 27.0 Å². The van der Waals surface area contributed by atoms with Crippen LogP contribution < -0.4 is 15.4 Å². The molecule has 0 saturated heterocycles. The number of fused-ring (bicyclic) bond motifs is 1. The maximum Gasteiger partial charge on any atom is 0.261 e. The Kier molecular flexibility index (Phi) is 7.06. The molecule has 4 aromatic rings. The smallest absolute Gasteiger partial charge is 0.261 e. The molecule has 1 heterocycles. The highest BCUT2D eigenvalue weighted by molar-refractivity contribution is 9.11. The fourth-order valence-electron chi connectivity index (χ4n) is 3.56. The molecule has 0 bridgehead atoms. The number of oxazole rings is 1. The summed E-state index contributed by atoms with van der Waals surface area (Å²) in [5, 5.41) is 5.98. The van der Waals surface area contributed by atoms with Crippen molar-refractivity contribution in [3.05, 3.63) is 73.7 Å². The number of amides is 1. The first kappa shape index (κ1) is 24.4. The number of halogens is 2. The minimum Gasteiger partial charge on any atom is -0.495 e. The predicted octanol–water partition coefficient (Wildman–Crippen LogP) is 7.08. The molecule has 34 heavy (non-hydrogen) atoms. The zero-order valence-electron chi connectivity index (χ0n) is 18.9. The number of ether oxygens (including phenoxy) is 1. The predicted molar refractivity (Wildman–Crippen MR) is 146 cm³/mol. The van der Waals surface area contributed by atoms with Crippen molar-refractivity contribution in [3.8, 4) is 17.2 Å². The lowest BCUT2D eigenvalue weighted by Gasteiger charge is -2.15. The summed E-state index contributed by atoms with van der Waals surface area (Å²) in [7, 11) is 1.50. The monoisotopic (exact) mass is 601 g/mol. The average molecular weight is 603 g/mol. The van der Waals surface area contributed by atoms with Crippen LogP contribution >= 0.6 is 44.1 Å². The van der Waals surface area contributed by atoms with Gasteiger partial charge in [-0.3, -0.25) is 10.1 Å². The van der Waals surface area contributed by atoms with Crippen molar-refractivity contribution in [1.82, 2.24) is 10.3 Å². The van der Waals surface area contributed by atoms with Gasteiger partial charge in [-0.2, -0.15) is 0 Å². The fraction of sp³-hybridized carbons (Fsp3) is 0.160. The van der Waals surface area contributed by atoms with Crippen LogP contribution in [0, 0.1) is 20.8 Å². The molecule has 0 saturated carbocycles. The lowest BCUT2D eigenvalue weighted by molar-refractivity contribution is 0.0974. The summed E-state index contributed by atoms with van der Waals surface area (Å²) >= 11 is 12.2. The van der Waals surface area contributed by atoms with Gasteiger partial charge in [-0.25, -0.2) is 4.98 Å². The molecule has 0 aliphatic heterocycles. The van der Waals surface area contributed by atoms with E-state index in [0.717, 1.165) is 43.5 Å². The van der Waals surface area contributed by atoms with E-state index in [0.29, 0.717) is 21.7 Å². The molecule has 3 aromatic carbocycles. The van der Waals surface area contributed by atoms with Crippen molar-refractivity contribution >= 4 is 71.9 Å². The molecule has 0 fully saturated rings. The van der Waals surface area contributed by atoms with Crippen molar-refractivity contribution in [3.63, 3.8) is 0 Å². The van der Waals surface area contributed by atoms with Crippen LogP contribution in [0.5, 0.6) is 5.75 Å². The first-order valence-electron chi connectivity index (χ1n) is 10.3. The van der Waals surface area contributed by atoms with Gasteiger partial charge >= 0.3 is 0 Å².